The zero-order chi connectivity index (χ0) is 12.8. The van der Waals surface area contributed by atoms with Gasteiger partial charge < -0.3 is 4.74 Å². The third kappa shape index (κ3) is 2.96. The average Bonchev–Trinajstić information content (AvgIpc) is 2.92. The molecule has 18 heavy (non-hydrogen) atoms. The lowest BCUT2D eigenvalue weighted by Crippen LogP contribution is -2.13. The summed E-state index contributed by atoms with van der Waals surface area (Å²) >= 11 is 1.38. The molecule has 1 unspecified atom stereocenters. The number of hydrogen-bond acceptors (Lipinski definition) is 4. The number of carbonyl (C=O) groups is 1. The van der Waals surface area contributed by atoms with E-state index in [9.17, 15) is 4.79 Å². The Morgan fingerprint density at radius 1 is 1.28 bits per heavy atom. The molecule has 1 aromatic heterocycles. The summed E-state index contributed by atoms with van der Waals surface area (Å²) in [7, 11) is 0. The number of ether oxygens (including phenoxy) is 1. The van der Waals surface area contributed by atoms with Crippen LogP contribution in [-0.2, 0) is 16.1 Å². The van der Waals surface area contributed by atoms with E-state index in [4.69, 9.17) is 10.00 Å². The van der Waals surface area contributed by atoms with Gasteiger partial charge in [0, 0.05) is 4.88 Å². The minimum absolute atomic E-state index is 0.198. The molecule has 2 aromatic rings. The van der Waals surface area contributed by atoms with E-state index in [1.807, 2.05) is 47.8 Å². The summed E-state index contributed by atoms with van der Waals surface area (Å²) in [6, 6.07) is 15.0. The van der Waals surface area contributed by atoms with Crippen molar-refractivity contribution in [2.45, 2.75) is 12.5 Å². The van der Waals surface area contributed by atoms with Gasteiger partial charge in [-0.2, -0.15) is 5.26 Å². The third-order valence-electron chi connectivity index (χ3n) is 2.42. The quantitative estimate of drug-likeness (QED) is 0.791. The molecule has 0 fully saturated rings. The SMILES string of the molecule is N#CC(C(=O)OCc1ccccc1)c1cccs1. The van der Waals surface area contributed by atoms with E-state index in [2.05, 4.69) is 0 Å². The summed E-state index contributed by atoms with van der Waals surface area (Å²) in [4.78, 5) is 12.5. The summed E-state index contributed by atoms with van der Waals surface area (Å²) < 4.78 is 5.15. The molecule has 0 aliphatic rings. The number of esters is 1. The Labute approximate surface area is 109 Å². The van der Waals surface area contributed by atoms with Gasteiger partial charge in [0.15, 0.2) is 5.92 Å². The van der Waals surface area contributed by atoms with Crippen LogP contribution in [0, 0.1) is 11.3 Å². The Morgan fingerprint density at radius 2 is 2.06 bits per heavy atom. The zero-order valence-corrected chi connectivity index (χ0v) is 10.4. The van der Waals surface area contributed by atoms with Crippen LogP contribution in [0.4, 0.5) is 0 Å². The molecular weight excluding hydrogens is 246 g/mol. The van der Waals surface area contributed by atoms with E-state index in [1.165, 1.54) is 11.3 Å². The summed E-state index contributed by atoms with van der Waals surface area (Å²) in [5.74, 6) is -1.32. The van der Waals surface area contributed by atoms with Crippen molar-refractivity contribution in [3.8, 4) is 6.07 Å². The van der Waals surface area contributed by atoms with Crippen molar-refractivity contribution >= 4 is 17.3 Å². The third-order valence-corrected chi connectivity index (χ3v) is 3.35. The molecule has 0 bridgehead atoms. The van der Waals surface area contributed by atoms with Gasteiger partial charge in [-0.3, -0.25) is 4.79 Å². The number of nitrogens with zero attached hydrogens (tertiary/aromatic N) is 1. The highest BCUT2D eigenvalue weighted by molar-refractivity contribution is 7.10. The molecule has 3 nitrogen and oxygen atoms in total. The first-order valence-corrected chi connectivity index (χ1v) is 6.33. The van der Waals surface area contributed by atoms with Gasteiger partial charge in [-0.1, -0.05) is 36.4 Å². The predicted octanol–water partition coefficient (Wildman–Crippen LogP) is 3.10. The Bertz CT molecular complexity index is 543. The van der Waals surface area contributed by atoms with Crippen LogP contribution in [0.15, 0.2) is 47.8 Å². The maximum absolute atomic E-state index is 11.8. The Kier molecular flexibility index (Phi) is 4.11. The van der Waals surface area contributed by atoms with Gasteiger partial charge in [-0.15, -0.1) is 11.3 Å². The highest BCUT2D eigenvalue weighted by Gasteiger charge is 2.22. The highest BCUT2D eigenvalue weighted by atomic mass is 32.1. The van der Waals surface area contributed by atoms with E-state index >= 15 is 0 Å². The predicted molar refractivity (Wildman–Crippen MR) is 68.9 cm³/mol. The highest BCUT2D eigenvalue weighted by Crippen LogP contribution is 2.22. The van der Waals surface area contributed by atoms with E-state index in [-0.39, 0.29) is 6.61 Å². The zero-order valence-electron chi connectivity index (χ0n) is 9.58. The first-order chi connectivity index (χ1) is 8.81. The van der Waals surface area contributed by atoms with Crippen molar-refractivity contribution in [3.63, 3.8) is 0 Å². The second kappa shape index (κ2) is 5.99. The molecule has 0 saturated heterocycles. The van der Waals surface area contributed by atoms with Crippen LogP contribution in [-0.4, -0.2) is 5.97 Å². The summed E-state index contributed by atoms with van der Waals surface area (Å²) in [5, 5.41) is 10.9. The summed E-state index contributed by atoms with van der Waals surface area (Å²) in [6.45, 7) is 0.198. The van der Waals surface area contributed by atoms with E-state index in [0.29, 0.717) is 0 Å². The molecule has 0 N–H and O–H groups in total. The van der Waals surface area contributed by atoms with Gasteiger partial charge in [-0.25, -0.2) is 0 Å². The number of benzene rings is 1. The van der Waals surface area contributed by atoms with Crippen LogP contribution in [0.3, 0.4) is 0 Å². The van der Waals surface area contributed by atoms with Gasteiger partial charge in [0.25, 0.3) is 0 Å². The van der Waals surface area contributed by atoms with Gasteiger partial charge in [-0.05, 0) is 17.0 Å². The molecule has 0 aliphatic heterocycles. The molecule has 4 heteroatoms. The number of hydrogen-bond donors (Lipinski definition) is 0. The second-order valence-electron chi connectivity index (χ2n) is 3.67. The van der Waals surface area contributed by atoms with Gasteiger partial charge in [0.05, 0.1) is 6.07 Å². The Hall–Kier alpha value is -2.12. The maximum atomic E-state index is 11.8. The topological polar surface area (TPSA) is 50.1 Å². The van der Waals surface area contributed by atoms with Gasteiger partial charge >= 0.3 is 5.97 Å². The lowest BCUT2D eigenvalue weighted by molar-refractivity contribution is -0.145. The monoisotopic (exact) mass is 257 g/mol. The number of carbonyl (C=O) groups excluding carboxylic acids is 1. The van der Waals surface area contributed by atoms with Crippen LogP contribution >= 0.6 is 11.3 Å². The van der Waals surface area contributed by atoms with Gasteiger partial charge in [0.1, 0.15) is 6.61 Å². The summed E-state index contributed by atoms with van der Waals surface area (Å²) in [5.41, 5.74) is 0.911. The number of rotatable bonds is 4. The molecule has 0 amide bonds. The van der Waals surface area contributed by atoms with Crippen LogP contribution < -0.4 is 0 Å². The molecule has 90 valence electrons. The number of nitriles is 1. The van der Waals surface area contributed by atoms with E-state index in [1.54, 1.807) is 6.07 Å². The molecule has 0 saturated carbocycles. The average molecular weight is 257 g/mol. The van der Waals surface area contributed by atoms with Crippen molar-refractivity contribution < 1.29 is 9.53 Å². The van der Waals surface area contributed by atoms with Crippen molar-refractivity contribution in [3.05, 3.63) is 58.3 Å². The van der Waals surface area contributed by atoms with E-state index < -0.39 is 11.9 Å². The fourth-order valence-electron chi connectivity index (χ4n) is 1.50. The molecule has 1 heterocycles. The molecule has 0 spiro atoms. The molecule has 0 radical (unpaired) electrons. The smallest absolute Gasteiger partial charge is 0.329 e. The lowest BCUT2D eigenvalue weighted by atomic mass is 10.1. The van der Waals surface area contributed by atoms with Crippen LogP contribution in [0.2, 0.25) is 0 Å². The Balaban J connectivity index is 1.98. The standard InChI is InChI=1S/C14H11NO2S/c15-9-12(13-7-4-8-18-13)14(16)17-10-11-5-2-1-3-6-11/h1-8,12H,10H2. The minimum atomic E-state index is -0.825. The van der Waals surface area contributed by atoms with Crippen molar-refractivity contribution in [2.24, 2.45) is 0 Å². The normalized spacial score (nSPS) is 11.5. The molecule has 2 rings (SSSR count). The van der Waals surface area contributed by atoms with Crippen LogP contribution in [0.1, 0.15) is 16.4 Å². The summed E-state index contributed by atoms with van der Waals surface area (Å²) in [6.07, 6.45) is 0. The molecule has 0 aliphatic carbocycles. The van der Waals surface area contributed by atoms with Crippen molar-refractivity contribution in [1.82, 2.24) is 0 Å². The Morgan fingerprint density at radius 3 is 2.67 bits per heavy atom. The molecule has 1 aromatic carbocycles. The largest absolute Gasteiger partial charge is 0.460 e. The lowest BCUT2D eigenvalue weighted by Gasteiger charge is -2.08. The minimum Gasteiger partial charge on any atom is -0.460 e. The second-order valence-corrected chi connectivity index (χ2v) is 4.65. The van der Waals surface area contributed by atoms with Crippen LogP contribution in [0.5, 0.6) is 0 Å². The van der Waals surface area contributed by atoms with Gasteiger partial charge in [0.2, 0.25) is 0 Å². The van der Waals surface area contributed by atoms with Crippen molar-refractivity contribution in [1.29, 1.82) is 5.26 Å². The fraction of sp³-hybridized carbons (Fsp3) is 0.143. The molecule has 1 atom stereocenters. The number of thiophene rings is 1. The maximum Gasteiger partial charge on any atom is 0.329 e. The van der Waals surface area contributed by atoms with Crippen LogP contribution in [0.25, 0.3) is 0 Å². The van der Waals surface area contributed by atoms with Crippen molar-refractivity contribution in [2.75, 3.05) is 0 Å². The fourth-order valence-corrected chi connectivity index (χ4v) is 2.26. The molecular formula is C14H11NO2S. The van der Waals surface area contributed by atoms with E-state index in [0.717, 1.165) is 10.4 Å². The first kappa shape index (κ1) is 12.3. The first-order valence-electron chi connectivity index (χ1n) is 5.45.